The summed E-state index contributed by atoms with van der Waals surface area (Å²) in [6, 6.07) is 5.00. The van der Waals surface area contributed by atoms with Crippen LogP contribution in [0.4, 0.5) is 0 Å². The Hall–Kier alpha value is -0.500. The Bertz CT molecular complexity index is 297. The van der Waals surface area contributed by atoms with E-state index in [-0.39, 0.29) is 6.04 Å². The molecule has 0 aromatic heterocycles. The first kappa shape index (κ1) is 9.59. The standard InChI is InChI=1S/C9H9Cl2N/c1-2-9(12)7-4-3-6(10)5-8(7)11/h2-5,9H,1,12H2. The van der Waals surface area contributed by atoms with Crippen molar-refractivity contribution in [2.45, 2.75) is 6.04 Å². The maximum atomic E-state index is 5.89. The van der Waals surface area contributed by atoms with Gasteiger partial charge >= 0.3 is 0 Å². The van der Waals surface area contributed by atoms with Gasteiger partial charge in [0.2, 0.25) is 0 Å². The molecule has 0 heterocycles. The second-order valence-electron chi connectivity index (χ2n) is 2.43. The number of halogens is 2. The predicted octanol–water partition coefficient (Wildman–Crippen LogP) is 3.18. The molecule has 1 aromatic rings. The lowest BCUT2D eigenvalue weighted by Crippen LogP contribution is -2.06. The first-order chi connectivity index (χ1) is 5.65. The Balaban J connectivity index is 3.09. The van der Waals surface area contributed by atoms with Crippen LogP contribution >= 0.6 is 23.2 Å². The fraction of sp³-hybridized carbons (Fsp3) is 0.111. The Morgan fingerprint density at radius 1 is 1.42 bits per heavy atom. The van der Waals surface area contributed by atoms with Crippen LogP contribution in [0.25, 0.3) is 0 Å². The first-order valence-corrected chi connectivity index (χ1v) is 4.24. The van der Waals surface area contributed by atoms with E-state index < -0.39 is 0 Å². The summed E-state index contributed by atoms with van der Waals surface area (Å²) in [6.45, 7) is 3.58. The molecule has 0 amide bonds. The second kappa shape index (κ2) is 3.94. The number of hydrogen-bond acceptors (Lipinski definition) is 1. The van der Waals surface area contributed by atoms with Gasteiger partial charge in [-0.05, 0) is 17.7 Å². The normalized spacial score (nSPS) is 12.6. The van der Waals surface area contributed by atoms with E-state index in [9.17, 15) is 0 Å². The third kappa shape index (κ3) is 2.01. The van der Waals surface area contributed by atoms with Crippen molar-refractivity contribution >= 4 is 23.2 Å². The van der Waals surface area contributed by atoms with Gasteiger partial charge < -0.3 is 5.73 Å². The van der Waals surface area contributed by atoms with Crippen molar-refractivity contribution in [3.8, 4) is 0 Å². The minimum atomic E-state index is -0.227. The van der Waals surface area contributed by atoms with E-state index in [0.717, 1.165) is 5.56 Å². The van der Waals surface area contributed by atoms with Crippen LogP contribution in [0.5, 0.6) is 0 Å². The fourth-order valence-electron chi connectivity index (χ4n) is 0.899. The molecule has 1 nitrogen and oxygen atoms in total. The molecule has 0 saturated heterocycles. The molecule has 1 unspecified atom stereocenters. The molecule has 0 fully saturated rings. The smallest absolute Gasteiger partial charge is 0.0493 e. The van der Waals surface area contributed by atoms with Gasteiger partial charge in [0.05, 0.1) is 0 Å². The first-order valence-electron chi connectivity index (χ1n) is 3.48. The van der Waals surface area contributed by atoms with Crippen molar-refractivity contribution in [3.63, 3.8) is 0 Å². The summed E-state index contributed by atoms with van der Waals surface area (Å²) in [6.07, 6.45) is 1.63. The van der Waals surface area contributed by atoms with Crippen molar-refractivity contribution < 1.29 is 0 Å². The number of nitrogens with two attached hydrogens (primary N) is 1. The molecular weight excluding hydrogens is 193 g/mol. The van der Waals surface area contributed by atoms with Gasteiger partial charge in [-0.3, -0.25) is 0 Å². The fourth-order valence-corrected chi connectivity index (χ4v) is 1.43. The van der Waals surface area contributed by atoms with Gasteiger partial charge in [-0.25, -0.2) is 0 Å². The third-order valence-corrected chi connectivity index (χ3v) is 2.14. The molecule has 64 valence electrons. The molecular formula is C9H9Cl2N. The Kier molecular flexibility index (Phi) is 3.15. The molecule has 0 aliphatic carbocycles. The van der Waals surface area contributed by atoms with E-state index in [0.29, 0.717) is 10.0 Å². The second-order valence-corrected chi connectivity index (χ2v) is 3.27. The van der Waals surface area contributed by atoms with Crippen LogP contribution in [-0.2, 0) is 0 Å². The van der Waals surface area contributed by atoms with Crippen LogP contribution in [0, 0.1) is 0 Å². The molecule has 1 rings (SSSR count). The zero-order valence-electron chi connectivity index (χ0n) is 6.43. The van der Waals surface area contributed by atoms with Crippen molar-refractivity contribution in [1.82, 2.24) is 0 Å². The molecule has 0 aliphatic rings. The van der Waals surface area contributed by atoms with E-state index in [1.54, 1.807) is 24.3 Å². The lowest BCUT2D eigenvalue weighted by atomic mass is 10.1. The summed E-state index contributed by atoms with van der Waals surface area (Å²) < 4.78 is 0. The summed E-state index contributed by atoms with van der Waals surface area (Å²) in [4.78, 5) is 0. The zero-order valence-corrected chi connectivity index (χ0v) is 7.94. The van der Waals surface area contributed by atoms with E-state index in [2.05, 4.69) is 6.58 Å². The average molecular weight is 202 g/mol. The van der Waals surface area contributed by atoms with Gasteiger partial charge in [0.15, 0.2) is 0 Å². The highest BCUT2D eigenvalue weighted by Crippen LogP contribution is 2.25. The minimum Gasteiger partial charge on any atom is -0.321 e. The van der Waals surface area contributed by atoms with Gasteiger partial charge in [0, 0.05) is 16.1 Å². The van der Waals surface area contributed by atoms with Crippen LogP contribution in [0.1, 0.15) is 11.6 Å². The zero-order chi connectivity index (χ0) is 9.14. The highest BCUT2D eigenvalue weighted by Gasteiger charge is 2.05. The molecule has 0 aliphatic heterocycles. The predicted molar refractivity (Wildman–Crippen MR) is 53.6 cm³/mol. The van der Waals surface area contributed by atoms with E-state index >= 15 is 0 Å². The van der Waals surface area contributed by atoms with Gasteiger partial charge in [0.25, 0.3) is 0 Å². The van der Waals surface area contributed by atoms with Crippen LogP contribution < -0.4 is 5.73 Å². The number of rotatable bonds is 2. The Labute approximate surface area is 81.8 Å². The number of hydrogen-bond donors (Lipinski definition) is 1. The molecule has 1 atom stereocenters. The molecule has 0 bridgehead atoms. The van der Waals surface area contributed by atoms with Crippen molar-refractivity contribution in [1.29, 1.82) is 0 Å². The lowest BCUT2D eigenvalue weighted by molar-refractivity contribution is 0.915. The van der Waals surface area contributed by atoms with Crippen LogP contribution in [0.3, 0.4) is 0 Å². The van der Waals surface area contributed by atoms with Gasteiger partial charge in [-0.2, -0.15) is 0 Å². The lowest BCUT2D eigenvalue weighted by Gasteiger charge is -2.08. The summed E-state index contributed by atoms with van der Waals surface area (Å²) >= 11 is 11.6. The van der Waals surface area contributed by atoms with Gasteiger partial charge in [0.1, 0.15) is 0 Å². The third-order valence-electron chi connectivity index (χ3n) is 1.58. The largest absolute Gasteiger partial charge is 0.321 e. The minimum absolute atomic E-state index is 0.227. The van der Waals surface area contributed by atoms with Crippen molar-refractivity contribution in [2.75, 3.05) is 0 Å². The molecule has 0 radical (unpaired) electrons. The van der Waals surface area contributed by atoms with Crippen LogP contribution in [-0.4, -0.2) is 0 Å². The quantitative estimate of drug-likeness (QED) is 0.732. The highest BCUT2D eigenvalue weighted by molar-refractivity contribution is 6.35. The SMILES string of the molecule is C=CC(N)c1ccc(Cl)cc1Cl. The Morgan fingerprint density at radius 2 is 2.08 bits per heavy atom. The molecule has 12 heavy (non-hydrogen) atoms. The van der Waals surface area contributed by atoms with Crippen LogP contribution in [0.15, 0.2) is 30.9 Å². The summed E-state index contributed by atoms with van der Waals surface area (Å²) in [5.74, 6) is 0. The molecule has 0 spiro atoms. The maximum absolute atomic E-state index is 5.89. The van der Waals surface area contributed by atoms with Gasteiger partial charge in [-0.1, -0.05) is 35.3 Å². The van der Waals surface area contributed by atoms with Crippen molar-refractivity contribution in [3.05, 3.63) is 46.5 Å². The summed E-state index contributed by atoms with van der Waals surface area (Å²) in [7, 11) is 0. The van der Waals surface area contributed by atoms with Crippen molar-refractivity contribution in [2.24, 2.45) is 5.73 Å². The molecule has 1 aromatic carbocycles. The topological polar surface area (TPSA) is 26.0 Å². The van der Waals surface area contributed by atoms with Crippen LogP contribution in [0.2, 0.25) is 10.0 Å². The summed E-state index contributed by atoms with van der Waals surface area (Å²) in [5.41, 5.74) is 6.54. The molecule has 3 heteroatoms. The van der Waals surface area contributed by atoms with Gasteiger partial charge in [-0.15, -0.1) is 6.58 Å². The van der Waals surface area contributed by atoms with E-state index in [4.69, 9.17) is 28.9 Å². The Morgan fingerprint density at radius 3 is 2.58 bits per heavy atom. The molecule has 0 saturated carbocycles. The monoisotopic (exact) mass is 201 g/mol. The maximum Gasteiger partial charge on any atom is 0.0493 e. The summed E-state index contributed by atoms with van der Waals surface area (Å²) in [5, 5.41) is 1.19. The van der Waals surface area contributed by atoms with E-state index in [1.807, 2.05) is 0 Å². The number of benzene rings is 1. The molecule has 2 N–H and O–H groups in total. The highest BCUT2D eigenvalue weighted by atomic mass is 35.5. The van der Waals surface area contributed by atoms with E-state index in [1.165, 1.54) is 0 Å². The average Bonchev–Trinajstić information content (AvgIpc) is 2.03.